The fraction of sp³-hybridized carbons (Fsp3) is 0.636. The minimum absolute atomic E-state index is 0.102. The summed E-state index contributed by atoms with van der Waals surface area (Å²) in [5, 5.41) is 5.21. The van der Waals surface area contributed by atoms with Gasteiger partial charge in [-0.15, -0.1) is 0 Å². The Kier molecular flexibility index (Phi) is 7.32. The summed E-state index contributed by atoms with van der Waals surface area (Å²) < 4.78 is 0. The molecule has 1 aliphatic heterocycles. The lowest BCUT2D eigenvalue weighted by Gasteiger charge is -2.18. The first-order valence-corrected chi connectivity index (χ1v) is 5.25. The van der Waals surface area contributed by atoms with Crippen molar-refractivity contribution in [1.29, 1.82) is 0 Å². The molecule has 2 N–H and O–H groups in total. The molecule has 4 nitrogen and oxygen atoms in total. The number of β-lactam (4-membered cyclic amide) rings is 1. The molecule has 0 bridgehead atoms. The Morgan fingerprint density at radius 2 is 2.20 bits per heavy atom. The molecule has 1 saturated heterocycles. The molecule has 0 spiro atoms. The number of rotatable bonds is 4. The second-order valence-electron chi connectivity index (χ2n) is 3.59. The number of carbonyl (C=O) groups is 2. The molecule has 0 aromatic heterocycles. The third kappa shape index (κ3) is 5.88. The molecule has 0 saturated carbocycles. The van der Waals surface area contributed by atoms with Crippen LogP contribution < -0.4 is 10.6 Å². The summed E-state index contributed by atoms with van der Waals surface area (Å²) in [7, 11) is 0. The molecule has 0 atom stereocenters. The van der Waals surface area contributed by atoms with Crippen LogP contribution in [0.25, 0.3) is 0 Å². The summed E-state index contributed by atoms with van der Waals surface area (Å²) in [6.07, 6.45) is 2.95. The second kappa shape index (κ2) is 8.03. The fourth-order valence-corrected chi connectivity index (χ4v) is 0.991. The third-order valence-corrected chi connectivity index (χ3v) is 2.06. The van der Waals surface area contributed by atoms with E-state index in [0.717, 1.165) is 43.5 Å². The van der Waals surface area contributed by atoms with Gasteiger partial charge in [0.05, 0.1) is 0 Å². The number of hydrogen-bond acceptors (Lipinski definition) is 2. The van der Waals surface area contributed by atoms with E-state index in [0.29, 0.717) is 0 Å². The van der Waals surface area contributed by atoms with Crippen LogP contribution >= 0.6 is 0 Å². The average molecular weight is 212 g/mol. The van der Waals surface area contributed by atoms with Crippen LogP contribution in [-0.4, -0.2) is 25.4 Å². The first kappa shape index (κ1) is 13.7. The molecule has 1 aliphatic rings. The van der Waals surface area contributed by atoms with Gasteiger partial charge in [0, 0.05) is 18.7 Å². The molecule has 0 aromatic rings. The van der Waals surface area contributed by atoms with Crippen LogP contribution in [0.3, 0.4) is 0 Å². The van der Waals surface area contributed by atoms with Crippen LogP contribution in [0.5, 0.6) is 0 Å². The molecule has 86 valence electrons. The summed E-state index contributed by atoms with van der Waals surface area (Å²) in [5.41, 5.74) is 2.08. The van der Waals surface area contributed by atoms with E-state index >= 15 is 0 Å². The topological polar surface area (TPSA) is 58.2 Å². The smallest absolute Gasteiger partial charge is 0.249 e. The van der Waals surface area contributed by atoms with Gasteiger partial charge in [0.1, 0.15) is 0 Å². The van der Waals surface area contributed by atoms with Crippen molar-refractivity contribution in [1.82, 2.24) is 10.6 Å². The maximum Gasteiger partial charge on any atom is 0.249 e. The van der Waals surface area contributed by atoms with Crippen molar-refractivity contribution in [2.24, 2.45) is 0 Å². The number of amides is 2. The van der Waals surface area contributed by atoms with Crippen molar-refractivity contribution in [2.45, 2.75) is 33.6 Å². The van der Waals surface area contributed by atoms with Crippen molar-refractivity contribution in [3.05, 3.63) is 11.1 Å². The van der Waals surface area contributed by atoms with Gasteiger partial charge in [0.15, 0.2) is 0 Å². The van der Waals surface area contributed by atoms with E-state index < -0.39 is 0 Å². The van der Waals surface area contributed by atoms with Crippen molar-refractivity contribution in [3.8, 4) is 0 Å². The highest BCUT2D eigenvalue weighted by molar-refractivity contribution is 6.00. The quantitative estimate of drug-likeness (QED) is 0.316. The Balaban J connectivity index is 0.000000265. The van der Waals surface area contributed by atoms with E-state index in [2.05, 4.69) is 17.6 Å². The van der Waals surface area contributed by atoms with Crippen molar-refractivity contribution < 1.29 is 9.59 Å². The largest absolute Gasteiger partial charge is 0.359 e. The van der Waals surface area contributed by atoms with Crippen molar-refractivity contribution >= 4 is 12.3 Å². The van der Waals surface area contributed by atoms with Crippen LogP contribution in [-0.2, 0) is 9.59 Å². The van der Waals surface area contributed by atoms with Crippen LogP contribution in [0.1, 0.15) is 33.6 Å². The highest BCUT2D eigenvalue weighted by atomic mass is 16.2. The highest BCUT2D eigenvalue weighted by Crippen LogP contribution is 2.08. The maximum atomic E-state index is 10.5. The molecular formula is C11H20N2O2. The minimum Gasteiger partial charge on any atom is -0.359 e. The zero-order valence-electron chi connectivity index (χ0n) is 9.72. The molecule has 2 amide bonds. The Bertz CT molecular complexity index is 243. The Morgan fingerprint density at radius 1 is 1.53 bits per heavy atom. The van der Waals surface area contributed by atoms with Gasteiger partial charge in [-0.25, -0.2) is 0 Å². The Hall–Kier alpha value is -1.32. The number of allylic oxidation sites excluding steroid dienone is 1. The lowest BCUT2D eigenvalue weighted by Crippen LogP contribution is -2.41. The van der Waals surface area contributed by atoms with Gasteiger partial charge in [-0.1, -0.05) is 18.9 Å². The number of hydrogen-bond donors (Lipinski definition) is 2. The molecule has 1 rings (SSSR count). The van der Waals surface area contributed by atoms with E-state index in [-0.39, 0.29) is 5.91 Å². The monoisotopic (exact) mass is 212 g/mol. The average Bonchev–Trinajstić information content (AvgIpc) is 2.16. The summed E-state index contributed by atoms with van der Waals surface area (Å²) in [6.45, 7) is 7.58. The van der Waals surface area contributed by atoms with Crippen molar-refractivity contribution in [3.63, 3.8) is 0 Å². The predicted octanol–water partition coefficient (Wildman–Crippen LogP) is 0.985. The van der Waals surface area contributed by atoms with Gasteiger partial charge in [-0.05, 0) is 20.3 Å². The highest BCUT2D eigenvalue weighted by Gasteiger charge is 2.19. The SMILES string of the molecule is CC(C)=C1CNC1=O.CCCCNC=O. The maximum absolute atomic E-state index is 10.5. The van der Waals surface area contributed by atoms with E-state index in [1.54, 1.807) is 0 Å². The molecule has 4 heteroatoms. The van der Waals surface area contributed by atoms with Crippen LogP contribution in [0.15, 0.2) is 11.1 Å². The number of nitrogens with one attached hydrogen (secondary N) is 2. The molecule has 0 unspecified atom stereocenters. The lowest BCUT2D eigenvalue weighted by molar-refractivity contribution is -0.120. The van der Waals surface area contributed by atoms with E-state index in [4.69, 9.17) is 0 Å². The Labute approximate surface area is 91.1 Å². The van der Waals surface area contributed by atoms with Gasteiger partial charge >= 0.3 is 0 Å². The van der Waals surface area contributed by atoms with Gasteiger partial charge < -0.3 is 10.6 Å². The zero-order valence-corrected chi connectivity index (χ0v) is 9.72. The molecule has 15 heavy (non-hydrogen) atoms. The predicted molar refractivity (Wildman–Crippen MR) is 60.4 cm³/mol. The number of unbranched alkanes of at least 4 members (excludes halogenated alkanes) is 1. The number of carbonyl (C=O) groups excluding carboxylic acids is 2. The normalized spacial score (nSPS) is 13.0. The van der Waals surface area contributed by atoms with Crippen molar-refractivity contribution in [2.75, 3.05) is 13.1 Å². The zero-order chi connectivity index (χ0) is 11.7. The fourth-order valence-electron chi connectivity index (χ4n) is 0.991. The first-order valence-electron chi connectivity index (χ1n) is 5.25. The summed E-state index contributed by atoms with van der Waals surface area (Å²) in [6, 6.07) is 0. The molecule has 0 aromatic carbocycles. The van der Waals surface area contributed by atoms with E-state index in [9.17, 15) is 9.59 Å². The molecular weight excluding hydrogens is 192 g/mol. The molecule has 0 radical (unpaired) electrons. The van der Waals surface area contributed by atoms with Crippen LogP contribution in [0, 0.1) is 0 Å². The Morgan fingerprint density at radius 3 is 2.40 bits per heavy atom. The van der Waals surface area contributed by atoms with Gasteiger partial charge in [-0.2, -0.15) is 0 Å². The molecule has 1 heterocycles. The van der Waals surface area contributed by atoms with Crippen LogP contribution in [0.4, 0.5) is 0 Å². The molecule has 1 fully saturated rings. The van der Waals surface area contributed by atoms with E-state index in [1.807, 2.05) is 13.8 Å². The third-order valence-electron chi connectivity index (χ3n) is 2.06. The summed E-state index contributed by atoms with van der Waals surface area (Å²) >= 11 is 0. The summed E-state index contributed by atoms with van der Waals surface area (Å²) in [4.78, 5) is 20.1. The lowest BCUT2D eigenvalue weighted by atomic mass is 10.1. The van der Waals surface area contributed by atoms with Gasteiger partial charge in [0.25, 0.3) is 0 Å². The molecule has 0 aliphatic carbocycles. The summed E-state index contributed by atoms with van der Waals surface area (Å²) in [5.74, 6) is 0.102. The standard InChI is InChI=1S/C6H9NO.C5H11NO/c1-4(2)5-3-7-6(5)8;1-2-3-4-6-5-7/h3H2,1-2H3,(H,7,8);5H,2-4H2,1H3,(H,6,7). The first-order chi connectivity index (χ1) is 7.13. The van der Waals surface area contributed by atoms with Gasteiger partial charge in [-0.3, -0.25) is 9.59 Å². The second-order valence-corrected chi connectivity index (χ2v) is 3.59. The van der Waals surface area contributed by atoms with E-state index in [1.165, 1.54) is 0 Å². The van der Waals surface area contributed by atoms with Gasteiger partial charge in [0.2, 0.25) is 12.3 Å². The minimum atomic E-state index is 0.102. The van der Waals surface area contributed by atoms with Crippen LogP contribution in [0.2, 0.25) is 0 Å².